The number of nitrogens with zero attached hydrogens (tertiary/aromatic N) is 2. The van der Waals surface area contributed by atoms with E-state index < -0.39 is 18.3 Å². The van der Waals surface area contributed by atoms with Gasteiger partial charge in [0.2, 0.25) is 0 Å². The summed E-state index contributed by atoms with van der Waals surface area (Å²) in [5, 5.41) is 29.0. The molecule has 11 N–H and O–H groups in total. The summed E-state index contributed by atoms with van der Waals surface area (Å²) in [4.78, 5) is 3.06. The van der Waals surface area contributed by atoms with Crippen molar-refractivity contribution in [2.75, 3.05) is 48.4 Å². The molecule has 2 unspecified atom stereocenters. The highest BCUT2D eigenvalue weighted by Crippen LogP contribution is 2.35. The van der Waals surface area contributed by atoms with E-state index in [4.69, 9.17) is 33.1 Å². The van der Waals surface area contributed by atoms with Crippen LogP contribution in [0.2, 0.25) is 0 Å². The Balaban J connectivity index is 0.00000127. The molecule has 0 bridgehead atoms. The van der Waals surface area contributed by atoms with E-state index in [0.717, 1.165) is 6.54 Å². The molecule has 1 aliphatic heterocycles. The first kappa shape index (κ1) is 32.1. The van der Waals surface area contributed by atoms with Gasteiger partial charge in [-0.15, -0.1) is 0 Å². The molecule has 1 aliphatic rings. The maximum absolute atomic E-state index is 14.9. The third kappa shape index (κ3) is 8.27. The molecule has 37 heavy (non-hydrogen) atoms. The zero-order chi connectivity index (χ0) is 28.3. The summed E-state index contributed by atoms with van der Waals surface area (Å²) in [6.45, 7) is 12.5. The molecule has 3 rings (SSSR count). The fourth-order valence-electron chi connectivity index (χ4n) is 3.75. The topological polar surface area (TPSA) is 184 Å². The molecule has 0 saturated carbocycles. The first-order valence-corrected chi connectivity index (χ1v) is 12.5. The summed E-state index contributed by atoms with van der Waals surface area (Å²) in [5.41, 5.74) is 24.7. The Bertz CT molecular complexity index is 998. The molecule has 0 radical (unpaired) electrons. The summed E-state index contributed by atoms with van der Waals surface area (Å²) in [5.74, 6) is -0.818. The number of morpholine rings is 1. The van der Waals surface area contributed by atoms with E-state index in [0.29, 0.717) is 37.6 Å². The number of halogens is 1. The molecule has 2 aromatic rings. The molecule has 208 valence electrons. The number of phenols is 1. The second kappa shape index (κ2) is 15.3. The fraction of sp³-hybridized carbons (Fsp3) is 0.500. The van der Waals surface area contributed by atoms with E-state index in [1.165, 1.54) is 23.1 Å². The quantitative estimate of drug-likeness (QED) is 0.163. The third-order valence-electron chi connectivity index (χ3n) is 5.55. The van der Waals surface area contributed by atoms with Gasteiger partial charge in [-0.25, -0.2) is 4.39 Å². The lowest BCUT2D eigenvalue weighted by atomic mass is 9.95. The maximum Gasteiger partial charge on any atom is 0.182 e. The SMILES string of the molecule is CC.CC(C)C(=N)c1cc(C(N)N(c2ccc(N3CCOCC3)c(F)c2)C(N)O)c(O)cc1N.CCN. The molecule has 1 saturated heterocycles. The van der Waals surface area contributed by atoms with Gasteiger partial charge in [-0.2, -0.15) is 0 Å². The summed E-state index contributed by atoms with van der Waals surface area (Å²) >= 11 is 0. The van der Waals surface area contributed by atoms with Gasteiger partial charge < -0.3 is 47.4 Å². The second-order valence-electron chi connectivity index (χ2n) is 8.48. The molecule has 1 fully saturated rings. The van der Waals surface area contributed by atoms with Crippen molar-refractivity contribution in [3.63, 3.8) is 0 Å². The minimum atomic E-state index is -1.58. The molecule has 0 aliphatic carbocycles. The Morgan fingerprint density at radius 2 is 1.73 bits per heavy atom. The van der Waals surface area contributed by atoms with Gasteiger partial charge in [0.1, 0.15) is 17.7 Å². The molecule has 2 atom stereocenters. The van der Waals surface area contributed by atoms with Gasteiger partial charge in [-0.3, -0.25) is 5.73 Å². The molecular formula is C26H44FN7O3. The number of aliphatic hydroxyl groups excluding tert-OH is 1. The lowest BCUT2D eigenvalue weighted by Crippen LogP contribution is -2.47. The van der Waals surface area contributed by atoms with Crippen LogP contribution in [0.15, 0.2) is 30.3 Å². The van der Waals surface area contributed by atoms with Gasteiger partial charge in [0.05, 0.1) is 18.9 Å². The number of phenolic OH excluding ortho intramolecular Hbond substituents is 1. The van der Waals surface area contributed by atoms with Crippen molar-refractivity contribution < 1.29 is 19.3 Å². The Hall–Kier alpha value is -2.96. The predicted octanol–water partition coefficient (Wildman–Crippen LogP) is 2.66. The van der Waals surface area contributed by atoms with E-state index in [-0.39, 0.29) is 34.3 Å². The number of aromatic hydroxyl groups is 1. The summed E-state index contributed by atoms with van der Waals surface area (Å²) in [6, 6.07) is 7.26. The first-order valence-electron chi connectivity index (χ1n) is 12.5. The maximum atomic E-state index is 14.9. The van der Waals surface area contributed by atoms with Gasteiger partial charge in [0, 0.05) is 47.4 Å². The van der Waals surface area contributed by atoms with E-state index in [1.807, 2.05) is 39.5 Å². The van der Waals surface area contributed by atoms with Crippen molar-refractivity contribution in [2.24, 2.45) is 23.1 Å². The average Bonchev–Trinajstić information content (AvgIpc) is 2.86. The number of hydrogen-bond acceptors (Lipinski definition) is 10. The number of ether oxygens (including phenoxy) is 1. The largest absolute Gasteiger partial charge is 0.507 e. The molecule has 2 aromatic carbocycles. The number of hydrogen-bond donors (Lipinski definition) is 7. The van der Waals surface area contributed by atoms with Gasteiger partial charge in [0.25, 0.3) is 0 Å². The van der Waals surface area contributed by atoms with Gasteiger partial charge >= 0.3 is 0 Å². The molecule has 10 nitrogen and oxygen atoms in total. The van der Waals surface area contributed by atoms with Gasteiger partial charge in [-0.1, -0.05) is 34.6 Å². The van der Waals surface area contributed by atoms with Crippen LogP contribution in [0.4, 0.5) is 21.5 Å². The molecular weight excluding hydrogens is 477 g/mol. The van der Waals surface area contributed by atoms with Crippen LogP contribution in [-0.2, 0) is 4.74 Å². The van der Waals surface area contributed by atoms with Crippen molar-refractivity contribution >= 4 is 22.8 Å². The minimum absolute atomic E-state index is 0.107. The normalized spacial score (nSPS) is 14.6. The number of nitrogens with one attached hydrogen (secondary N) is 1. The van der Waals surface area contributed by atoms with Crippen molar-refractivity contribution in [3.05, 3.63) is 47.3 Å². The average molecular weight is 522 g/mol. The minimum Gasteiger partial charge on any atom is -0.507 e. The monoisotopic (exact) mass is 521 g/mol. The van der Waals surface area contributed by atoms with Crippen LogP contribution < -0.4 is 32.7 Å². The van der Waals surface area contributed by atoms with Crippen LogP contribution in [0.3, 0.4) is 0 Å². The highest BCUT2D eigenvalue weighted by atomic mass is 19.1. The summed E-state index contributed by atoms with van der Waals surface area (Å²) in [7, 11) is 0. The highest BCUT2D eigenvalue weighted by Gasteiger charge is 2.27. The van der Waals surface area contributed by atoms with E-state index >= 15 is 0 Å². The third-order valence-corrected chi connectivity index (χ3v) is 5.55. The van der Waals surface area contributed by atoms with E-state index in [9.17, 15) is 14.6 Å². The van der Waals surface area contributed by atoms with Crippen molar-refractivity contribution in [3.8, 4) is 5.75 Å². The lowest BCUT2D eigenvalue weighted by molar-refractivity contribution is 0.122. The Labute approximate surface area is 219 Å². The molecule has 0 amide bonds. The Morgan fingerprint density at radius 1 is 1.16 bits per heavy atom. The zero-order valence-corrected chi connectivity index (χ0v) is 22.5. The van der Waals surface area contributed by atoms with Crippen LogP contribution in [0.1, 0.15) is 51.9 Å². The predicted molar refractivity (Wildman–Crippen MR) is 149 cm³/mol. The van der Waals surface area contributed by atoms with Crippen molar-refractivity contribution in [2.45, 2.75) is 47.1 Å². The number of anilines is 3. The fourth-order valence-corrected chi connectivity index (χ4v) is 3.75. The van der Waals surface area contributed by atoms with Gasteiger partial charge in [0.15, 0.2) is 6.35 Å². The van der Waals surface area contributed by atoms with Crippen LogP contribution in [0.25, 0.3) is 0 Å². The highest BCUT2D eigenvalue weighted by molar-refractivity contribution is 6.04. The van der Waals surface area contributed by atoms with Crippen molar-refractivity contribution in [1.82, 2.24) is 0 Å². The standard InChI is InChI=1S/C22H31FN6O3.C2H7N.C2H6/c1-12(2)20(25)14-10-15(19(30)11-17(14)24)21(26)29(22(27)31)13-3-4-18(16(23)9-13)28-5-7-32-8-6-28;1-2-3;1-2/h3-4,9-12,21-22,25,30-31H,5-8,24,26-27H2,1-2H3;2-3H2,1H3;1-2H3. The van der Waals surface area contributed by atoms with Crippen LogP contribution in [-0.4, -0.2) is 55.1 Å². The number of aliphatic hydroxyl groups is 1. The summed E-state index contributed by atoms with van der Waals surface area (Å²) in [6.07, 6.45) is -2.72. The van der Waals surface area contributed by atoms with Crippen LogP contribution >= 0.6 is 0 Å². The second-order valence-corrected chi connectivity index (χ2v) is 8.48. The molecule has 1 heterocycles. The first-order chi connectivity index (χ1) is 17.5. The Kier molecular flexibility index (Phi) is 13.3. The lowest BCUT2D eigenvalue weighted by Gasteiger charge is -2.35. The zero-order valence-electron chi connectivity index (χ0n) is 22.5. The van der Waals surface area contributed by atoms with Crippen molar-refractivity contribution in [1.29, 1.82) is 5.41 Å². The summed E-state index contributed by atoms with van der Waals surface area (Å²) < 4.78 is 20.3. The van der Waals surface area contributed by atoms with Crippen LogP contribution in [0.5, 0.6) is 5.75 Å². The van der Waals surface area contributed by atoms with E-state index in [2.05, 4.69) is 0 Å². The van der Waals surface area contributed by atoms with Crippen LogP contribution in [0, 0.1) is 17.1 Å². The number of nitrogens with two attached hydrogens (primary N) is 4. The Morgan fingerprint density at radius 3 is 2.22 bits per heavy atom. The number of rotatable bonds is 7. The van der Waals surface area contributed by atoms with Gasteiger partial charge in [-0.05, 0) is 36.7 Å². The number of nitrogen functional groups attached to an aromatic ring is 1. The van der Waals surface area contributed by atoms with E-state index in [1.54, 1.807) is 12.1 Å². The smallest absolute Gasteiger partial charge is 0.182 e. The number of benzene rings is 2. The molecule has 0 aromatic heterocycles. The molecule has 11 heteroatoms. The molecule has 0 spiro atoms.